The minimum atomic E-state index is -0.672. The summed E-state index contributed by atoms with van der Waals surface area (Å²) in [5.41, 5.74) is 0.572. The van der Waals surface area contributed by atoms with Gasteiger partial charge in [-0.05, 0) is 43.7 Å². The van der Waals surface area contributed by atoms with Gasteiger partial charge in [0.2, 0.25) is 5.75 Å². The van der Waals surface area contributed by atoms with E-state index < -0.39 is 16.6 Å². The predicted octanol–water partition coefficient (Wildman–Crippen LogP) is 3.69. The molecule has 1 heterocycles. The molecular formula is C22H23FN4O6. The lowest BCUT2D eigenvalue weighted by molar-refractivity contribution is -0.386. The molecule has 11 heteroatoms. The number of nitrogens with zero attached hydrogens (tertiary/aromatic N) is 3. The van der Waals surface area contributed by atoms with Crippen LogP contribution in [0.15, 0.2) is 48.7 Å². The van der Waals surface area contributed by atoms with Gasteiger partial charge in [0.25, 0.3) is 5.91 Å². The van der Waals surface area contributed by atoms with Gasteiger partial charge >= 0.3 is 5.69 Å². The quantitative estimate of drug-likeness (QED) is 0.344. The van der Waals surface area contributed by atoms with Crippen LogP contribution >= 0.6 is 0 Å². The Hall–Kier alpha value is -4.15. The third-order valence-electron chi connectivity index (χ3n) is 4.41. The van der Waals surface area contributed by atoms with Crippen molar-refractivity contribution in [2.24, 2.45) is 0 Å². The number of benzene rings is 2. The summed E-state index contributed by atoms with van der Waals surface area (Å²) in [4.78, 5) is 22.8. The summed E-state index contributed by atoms with van der Waals surface area (Å²) in [5, 5.41) is 17.9. The van der Waals surface area contributed by atoms with E-state index in [4.69, 9.17) is 14.2 Å². The van der Waals surface area contributed by atoms with Crippen LogP contribution in [0.4, 0.5) is 10.1 Å². The van der Waals surface area contributed by atoms with Gasteiger partial charge in [-0.3, -0.25) is 14.9 Å². The van der Waals surface area contributed by atoms with Crippen LogP contribution in [0.5, 0.6) is 17.2 Å². The Morgan fingerprint density at radius 3 is 2.55 bits per heavy atom. The standard InChI is InChI=1S/C22H23FN4O6/c1-3-31-19-8-5-15(11-21(19)32-4-2)13-24-22(28)17-9-10-26(25-17)14-33-20-12-16(23)6-7-18(20)27(29)30/h5-12H,3-4,13-14H2,1-2H3,(H,24,28). The predicted molar refractivity (Wildman–Crippen MR) is 116 cm³/mol. The molecule has 1 N–H and O–H groups in total. The number of aromatic nitrogens is 2. The molecule has 1 aromatic heterocycles. The van der Waals surface area contributed by atoms with Crippen molar-refractivity contribution in [1.29, 1.82) is 0 Å². The van der Waals surface area contributed by atoms with Gasteiger partial charge in [-0.15, -0.1) is 0 Å². The molecule has 0 bridgehead atoms. The fourth-order valence-electron chi connectivity index (χ4n) is 2.92. The van der Waals surface area contributed by atoms with Crippen LogP contribution in [0.3, 0.4) is 0 Å². The number of hydrogen-bond donors (Lipinski definition) is 1. The summed E-state index contributed by atoms with van der Waals surface area (Å²) in [6.45, 7) is 4.74. The molecule has 174 valence electrons. The molecule has 0 aliphatic rings. The van der Waals surface area contributed by atoms with Gasteiger partial charge in [0.15, 0.2) is 18.2 Å². The van der Waals surface area contributed by atoms with Crippen LogP contribution in [-0.4, -0.2) is 33.8 Å². The van der Waals surface area contributed by atoms with Crippen molar-refractivity contribution < 1.29 is 28.3 Å². The topological polar surface area (TPSA) is 118 Å². The highest BCUT2D eigenvalue weighted by Gasteiger charge is 2.17. The van der Waals surface area contributed by atoms with Gasteiger partial charge < -0.3 is 19.5 Å². The van der Waals surface area contributed by atoms with Gasteiger partial charge in [-0.25, -0.2) is 9.07 Å². The monoisotopic (exact) mass is 458 g/mol. The van der Waals surface area contributed by atoms with Crippen molar-refractivity contribution in [3.05, 3.63) is 75.9 Å². The fraction of sp³-hybridized carbons (Fsp3) is 0.273. The lowest BCUT2D eigenvalue weighted by Gasteiger charge is -2.12. The lowest BCUT2D eigenvalue weighted by atomic mass is 10.2. The van der Waals surface area contributed by atoms with E-state index in [9.17, 15) is 19.3 Å². The summed E-state index contributed by atoms with van der Waals surface area (Å²) < 4.78 is 31.1. The summed E-state index contributed by atoms with van der Waals surface area (Å²) in [6.07, 6.45) is 1.48. The number of nitro benzene ring substituents is 1. The first kappa shape index (κ1) is 23.5. The molecule has 3 aromatic rings. The first-order valence-electron chi connectivity index (χ1n) is 10.2. The normalized spacial score (nSPS) is 10.5. The van der Waals surface area contributed by atoms with Gasteiger partial charge in [0.1, 0.15) is 11.5 Å². The lowest BCUT2D eigenvalue weighted by Crippen LogP contribution is -2.23. The van der Waals surface area contributed by atoms with Gasteiger partial charge in [0.05, 0.1) is 18.1 Å². The average Bonchev–Trinajstić information content (AvgIpc) is 3.27. The molecule has 0 spiro atoms. The molecule has 0 fully saturated rings. The second-order valence-electron chi connectivity index (χ2n) is 6.71. The molecule has 1 amide bonds. The first-order chi connectivity index (χ1) is 15.9. The number of hydrogen-bond acceptors (Lipinski definition) is 7. The maximum absolute atomic E-state index is 13.4. The molecule has 0 saturated heterocycles. The Bertz CT molecular complexity index is 1130. The number of nitro groups is 1. The number of carbonyl (C=O) groups excluding carboxylic acids is 1. The second kappa shape index (κ2) is 10.9. The van der Waals surface area contributed by atoms with E-state index in [0.717, 1.165) is 23.8 Å². The Labute approximate surface area is 189 Å². The van der Waals surface area contributed by atoms with Crippen molar-refractivity contribution in [2.45, 2.75) is 27.1 Å². The maximum atomic E-state index is 13.4. The Morgan fingerprint density at radius 1 is 1.06 bits per heavy atom. The third-order valence-corrected chi connectivity index (χ3v) is 4.41. The molecular weight excluding hydrogens is 435 g/mol. The van der Waals surface area contributed by atoms with Crippen molar-refractivity contribution in [3.63, 3.8) is 0 Å². The first-order valence-corrected chi connectivity index (χ1v) is 10.2. The molecule has 10 nitrogen and oxygen atoms in total. The summed E-state index contributed by atoms with van der Waals surface area (Å²) in [5.74, 6) is -0.0944. The van der Waals surface area contributed by atoms with Gasteiger partial charge in [-0.2, -0.15) is 5.10 Å². The number of ether oxygens (including phenoxy) is 3. The zero-order valence-electron chi connectivity index (χ0n) is 18.1. The zero-order chi connectivity index (χ0) is 23.8. The maximum Gasteiger partial charge on any atom is 0.311 e. The zero-order valence-corrected chi connectivity index (χ0v) is 18.1. The minimum absolute atomic E-state index is 0.128. The van der Waals surface area contributed by atoms with Crippen LogP contribution < -0.4 is 19.5 Å². The molecule has 0 aliphatic carbocycles. The van der Waals surface area contributed by atoms with E-state index in [0.29, 0.717) is 24.7 Å². The Kier molecular flexibility index (Phi) is 7.79. The largest absolute Gasteiger partial charge is 0.490 e. The second-order valence-corrected chi connectivity index (χ2v) is 6.71. The van der Waals surface area contributed by atoms with Crippen LogP contribution in [0, 0.1) is 15.9 Å². The molecule has 0 saturated carbocycles. The SMILES string of the molecule is CCOc1ccc(CNC(=O)c2ccn(COc3cc(F)ccc3[N+](=O)[O-])n2)cc1OCC. The summed E-state index contributed by atoms with van der Waals surface area (Å²) in [6, 6.07) is 9.80. The van der Waals surface area contributed by atoms with Crippen molar-refractivity contribution >= 4 is 11.6 Å². The van der Waals surface area contributed by atoms with Gasteiger partial charge in [0, 0.05) is 24.9 Å². The van der Waals surface area contributed by atoms with E-state index in [1.165, 1.54) is 16.9 Å². The van der Waals surface area contributed by atoms with Crippen molar-refractivity contribution in [2.75, 3.05) is 13.2 Å². The number of nitrogens with one attached hydrogen (secondary N) is 1. The number of halogens is 1. The van der Waals surface area contributed by atoms with E-state index in [1.54, 1.807) is 12.1 Å². The minimum Gasteiger partial charge on any atom is -0.490 e. The smallest absolute Gasteiger partial charge is 0.311 e. The molecule has 0 atom stereocenters. The highest BCUT2D eigenvalue weighted by atomic mass is 19.1. The number of carbonyl (C=O) groups is 1. The van der Waals surface area contributed by atoms with Crippen LogP contribution in [0.25, 0.3) is 0 Å². The molecule has 0 unspecified atom stereocenters. The van der Waals surface area contributed by atoms with E-state index in [1.807, 2.05) is 19.9 Å². The van der Waals surface area contributed by atoms with E-state index in [2.05, 4.69) is 10.4 Å². The average molecular weight is 458 g/mol. The van der Waals surface area contributed by atoms with Crippen LogP contribution in [-0.2, 0) is 13.3 Å². The summed E-state index contributed by atoms with van der Waals surface area (Å²) >= 11 is 0. The molecule has 2 aromatic carbocycles. The molecule has 0 radical (unpaired) electrons. The third kappa shape index (κ3) is 6.19. The molecule has 0 aliphatic heterocycles. The summed E-state index contributed by atoms with van der Waals surface area (Å²) in [7, 11) is 0. The highest BCUT2D eigenvalue weighted by Crippen LogP contribution is 2.29. The van der Waals surface area contributed by atoms with E-state index in [-0.39, 0.29) is 30.4 Å². The fourth-order valence-corrected chi connectivity index (χ4v) is 2.92. The Morgan fingerprint density at radius 2 is 1.82 bits per heavy atom. The molecule has 33 heavy (non-hydrogen) atoms. The molecule has 3 rings (SSSR count). The van der Waals surface area contributed by atoms with Crippen LogP contribution in [0.1, 0.15) is 29.9 Å². The van der Waals surface area contributed by atoms with Crippen molar-refractivity contribution in [1.82, 2.24) is 15.1 Å². The van der Waals surface area contributed by atoms with Gasteiger partial charge in [-0.1, -0.05) is 6.07 Å². The Balaban J connectivity index is 1.60. The van der Waals surface area contributed by atoms with Crippen LogP contribution in [0.2, 0.25) is 0 Å². The van der Waals surface area contributed by atoms with Crippen molar-refractivity contribution in [3.8, 4) is 17.2 Å². The highest BCUT2D eigenvalue weighted by molar-refractivity contribution is 5.92. The number of amides is 1. The number of rotatable bonds is 11. The van der Waals surface area contributed by atoms with E-state index >= 15 is 0 Å².